The lowest BCUT2D eigenvalue weighted by Gasteiger charge is -2.34. The second kappa shape index (κ2) is 10.4. The molecule has 0 spiro atoms. The molecule has 3 N–H and O–H groups in total. The van der Waals surface area contributed by atoms with Crippen LogP contribution in [0.2, 0.25) is 0 Å². The molecular weight excluding hydrogens is 488 g/mol. The molecule has 1 atom stereocenters. The van der Waals surface area contributed by atoms with E-state index in [-0.39, 0.29) is 36.0 Å². The van der Waals surface area contributed by atoms with Crippen molar-refractivity contribution < 1.29 is 29.0 Å². The van der Waals surface area contributed by atoms with Crippen LogP contribution >= 0.6 is 0 Å². The maximum absolute atomic E-state index is 13.7. The number of hydrogen-bond donors (Lipinski definition) is 3. The highest BCUT2D eigenvalue weighted by molar-refractivity contribution is 6.07. The maximum Gasteiger partial charge on any atom is 0.323 e. The molecule has 0 unspecified atom stereocenters. The number of benzene rings is 2. The van der Waals surface area contributed by atoms with Crippen LogP contribution in [0, 0.1) is 5.41 Å². The van der Waals surface area contributed by atoms with Gasteiger partial charge in [0.1, 0.15) is 24.7 Å². The Hall–Kier alpha value is -3.92. The van der Waals surface area contributed by atoms with Gasteiger partial charge in [0, 0.05) is 41.5 Å². The summed E-state index contributed by atoms with van der Waals surface area (Å²) in [5.41, 5.74) is 3.10. The number of amides is 1. The van der Waals surface area contributed by atoms with Crippen LogP contribution in [0.4, 0.5) is 5.69 Å². The van der Waals surface area contributed by atoms with Crippen LogP contribution in [0.1, 0.15) is 71.3 Å². The van der Waals surface area contributed by atoms with Crippen molar-refractivity contribution in [2.24, 2.45) is 0 Å². The summed E-state index contributed by atoms with van der Waals surface area (Å²) < 4.78 is 11.9. The van der Waals surface area contributed by atoms with Crippen molar-refractivity contribution in [2.45, 2.75) is 39.3 Å². The summed E-state index contributed by atoms with van der Waals surface area (Å²) in [6.07, 6.45) is -0.642. The molecule has 0 aromatic heterocycles. The number of carboxylic acids is 1. The predicted octanol–water partition coefficient (Wildman–Crippen LogP) is 3.19. The number of hydrogen-bond acceptors (Lipinski definition) is 7. The van der Waals surface area contributed by atoms with Crippen molar-refractivity contribution in [1.29, 1.82) is 5.41 Å². The first kappa shape index (κ1) is 27.1. The average molecular weight is 523 g/mol. The summed E-state index contributed by atoms with van der Waals surface area (Å²) in [5, 5.41) is 20.8. The molecule has 0 fully saturated rings. The van der Waals surface area contributed by atoms with Crippen LogP contribution in [0.5, 0.6) is 5.75 Å². The molecule has 10 nitrogen and oxygen atoms in total. The number of ether oxygens (including phenoxy) is 2. The normalized spacial score (nSPS) is 16.6. The molecule has 202 valence electrons. The molecular formula is C28H34N4O6. The second-order valence-electron chi connectivity index (χ2n) is 10.4. The van der Waals surface area contributed by atoms with Gasteiger partial charge in [0.05, 0.1) is 18.8 Å². The van der Waals surface area contributed by atoms with Crippen molar-refractivity contribution >= 4 is 29.2 Å². The summed E-state index contributed by atoms with van der Waals surface area (Å²) in [4.78, 5) is 40.7. The van der Waals surface area contributed by atoms with Gasteiger partial charge in [-0.25, -0.2) is 0 Å². The van der Waals surface area contributed by atoms with Crippen LogP contribution in [0.3, 0.4) is 0 Å². The number of fused-ring (bicyclic) bond motifs is 2. The van der Waals surface area contributed by atoms with Gasteiger partial charge in [-0.05, 0) is 36.6 Å². The molecule has 2 aromatic rings. The Kier molecular flexibility index (Phi) is 7.46. The lowest BCUT2D eigenvalue weighted by molar-refractivity contribution is -0.135. The summed E-state index contributed by atoms with van der Waals surface area (Å²) in [6.45, 7) is 8.67. The Balaban J connectivity index is 1.71. The Morgan fingerprint density at radius 1 is 1.16 bits per heavy atom. The number of nitrogens with zero attached hydrogens (tertiary/aromatic N) is 2. The largest absolute Gasteiger partial charge is 0.489 e. The Bertz CT molecular complexity index is 1300. The minimum Gasteiger partial charge on any atom is -0.489 e. The number of aliphatic carboxylic acids is 1. The highest BCUT2D eigenvalue weighted by Crippen LogP contribution is 2.42. The molecule has 0 saturated carbocycles. The predicted molar refractivity (Wildman–Crippen MR) is 143 cm³/mol. The fourth-order valence-corrected chi connectivity index (χ4v) is 4.87. The van der Waals surface area contributed by atoms with Crippen LogP contribution in [-0.2, 0) is 14.9 Å². The van der Waals surface area contributed by atoms with Gasteiger partial charge in [0.2, 0.25) is 0 Å². The molecule has 2 aliphatic rings. The van der Waals surface area contributed by atoms with Gasteiger partial charge in [-0.15, -0.1) is 0 Å². The number of nitrogens with one attached hydrogen (secondary N) is 2. The molecule has 2 aromatic carbocycles. The van der Waals surface area contributed by atoms with Crippen molar-refractivity contribution in [1.82, 2.24) is 10.2 Å². The van der Waals surface area contributed by atoms with Crippen LogP contribution in [0.15, 0.2) is 30.3 Å². The van der Waals surface area contributed by atoms with E-state index in [0.29, 0.717) is 47.9 Å². The van der Waals surface area contributed by atoms with Gasteiger partial charge in [-0.3, -0.25) is 19.8 Å². The van der Waals surface area contributed by atoms with Gasteiger partial charge in [-0.1, -0.05) is 26.8 Å². The second-order valence-corrected chi connectivity index (χ2v) is 10.4. The highest BCUT2D eigenvalue weighted by atomic mass is 16.5. The molecule has 0 saturated heterocycles. The molecule has 10 heteroatoms. The Morgan fingerprint density at radius 2 is 1.89 bits per heavy atom. The summed E-state index contributed by atoms with van der Waals surface area (Å²) in [6, 6.07) is 8.57. The Labute approximate surface area is 222 Å². The fraction of sp³-hybridized carbons (Fsp3) is 0.429. The zero-order valence-corrected chi connectivity index (χ0v) is 22.4. The van der Waals surface area contributed by atoms with E-state index < -0.39 is 12.2 Å². The van der Waals surface area contributed by atoms with E-state index in [1.54, 1.807) is 47.2 Å². The van der Waals surface area contributed by atoms with Crippen molar-refractivity contribution in [2.75, 3.05) is 44.8 Å². The number of Topliss-reactive ketones (excluding diaryl/α,β-unsaturated/α-hetero) is 1. The van der Waals surface area contributed by atoms with E-state index in [9.17, 15) is 19.5 Å². The summed E-state index contributed by atoms with van der Waals surface area (Å²) in [7, 11) is 1.54. The molecule has 2 heterocycles. The van der Waals surface area contributed by atoms with E-state index in [4.69, 9.17) is 14.9 Å². The standard InChI is InChI=1S/C28H34N4O6/c1-6-37-27-18-8-7-16(26(36)30-5)11-19(18)25(29)32(27)14-22(33)17-12-20(28(2,3)4)24-21(13-17)31(9-10-38-24)15-23(34)35/h7-8,11-13,27,29H,6,9-10,14-15H2,1-5H3,(H,30,36)(H,34,35)/t27-/m0/s1. The first-order chi connectivity index (χ1) is 18.0. The van der Waals surface area contributed by atoms with E-state index in [1.807, 2.05) is 27.7 Å². The maximum atomic E-state index is 13.7. The van der Waals surface area contributed by atoms with Crippen LogP contribution in [0.25, 0.3) is 0 Å². The summed E-state index contributed by atoms with van der Waals surface area (Å²) in [5.74, 6) is -0.780. The number of rotatable bonds is 8. The van der Waals surface area contributed by atoms with Crippen molar-refractivity contribution in [3.63, 3.8) is 0 Å². The number of carboxylic acid groups (broad SMARTS) is 1. The molecule has 0 aliphatic carbocycles. The van der Waals surface area contributed by atoms with Gasteiger partial charge in [-0.2, -0.15) is 0 Å². The smallest absolute Gasteiger partial charge is 0.323 e. The molecule has 0 bridgehead atoms. The summed E-state index contributed by atoms with van der Waals surface area (Å²) >= 11 is 0. The number of ketones is 1. The minimum absolute atomic E-state index is 0.0994. The number of anilines is 1. The lowest BCUT2D eigenvalue weighted by atomic mass is 9.84. The van der Waals surface area contributed by atoms with E-state index in [2.05, 4.69) is 5.32 Å². The minimum atomic E-state index is -0.967. The first-order valence-electron chi connectivity index (χ1n) is 12.6. The van der Waals surface area contributed by atoms with Crippen molar-refractivity contribution in [3.05, 3.63) is 58.1 Å². The molecule has 0 radical (unpaired) electrons. The van der Waals surface area contributed by atoms with E-state index in [1.165, 1.54) is 0 Å². The SMILES string of the molecule is CCO[C@H]1c2ccc(C(=O)NC)cc2C(=N)N1CC(=O)c1cc2c(c(C(C)(C)C)c1)OCCN2CC(=O)O. The topological polar surface area (TPSA) is 132 Å². The zero-order chi connectivity index (χ0) is 27.8. The quantitative estimate of drug-likeness (QED) is 0.451. The zero-order valence-electron chi connectivity index (χ0n) is 22.4. The fourth-order valence-electron chi connectivity index (χ4n) is 4.87. The van der Waals surface area contributed by atoms with E-state index in [0.717, 1.165) is 11.1 Å². The van der Waals surface area contributed by atoms with Crippen molar-refractivity contribution in [3.8, 4) is 5.75 Å². The van der Waals surface area contributed by atoms with Gasteiger partial charge < -0.3 is 29.7 Å². The average Bonchev–Trinajstić information content (AvgIpc) is 3.12. The van der Waals surface area contributed by atoms with Crippen LogP contribution < -0.4 is 15.0 Å². The first-order valence-corrected chi connectivity index (χ1v) is 12.6. The third-order valence-electron chi connectivity index (χ3n) is 6.75. The highest BCUT2D eigenvalue weighted by Gasteiger charge is 2.37. The van der Waals surface area contributed by atoms with E-state index >= 15 is 0 Å². The molecule has 38 heavy (non-hydrogen) atoms. The number of carbonyl (C=O) groups is 3. The Morgan fingerprint density at radius 3 is 2.53 bits per heavy atom. The van der Waals surface area contributed by atoms with Crippen LogP contribution in [-0.4, -0.2) is 73.4 Å². The van der Waals surface area contributed by atoms with Gasteiger partial charge >= 0.3 is 5.97 Å². The molecule has 2 aliphatic heterocycles. The number of carbonyl (C=O) groups excluding carboxylic acids is 2. The number of amidine groups is 1. The molecule has 4 rings (SSSR count). The third-order valence-corrected chi connectivity index (χ3v) is 6.75. The monoisotopic (exact) mass is 522 g/mol. The molecule has 1 amide bonds. The lowest BCUT2D eigenvalue weighted by Crippen LogP contribution is -2.38. The third kappa shape index (κ3) is 5.08. The van der Waals surface area contributed by atoms with Gasteiger partial charge in [0.15, 0.2) is 12.0 Å². The van der Waals surface area contributed by atoms with Gasteiger partial charge in [0.25, 0.3) is 5.91 Å².